The second-order valence-corrected chi connectivity index (χ2v) is 4.80. The lowest BCUT2D eigenvalue weighted by Gasteiger charge is -2.11. The zero-order valence-corrected chi connectivity index (χ0v) is 11.6. The van der Waals surface area contributed by atoms with Crippen LogP contribution in [0.2, 0.25) is 0 Å². The molecule has 2 amide bonds. The average Bonchev–Trinajstić information content (AvgIpc) is 2.38. The summed E-state index contributed by atoms with van der Waals surface area (Å²) in [5, 5.41) is 22.7. The van der Waals surface area contributed by atoms with Crippen LogP contribution in [-0.2, 0) is 4.79 Å². The summed E-state index contributed by atoms with van der Waals surface area (Å²) in [7, 11) is 0. The van der Waals surface area contributed by atoms with Crippen molar-refractivity contribution < 1.29 is 19.8 Å². The first-order valence-corrected chi connectivity index (χ1v) is 6.46. The van der Waals surface area contributed by atoms with Crippen molar-refractivity contribution in [3.05, 3.63) is 29.8 Å². The lowest BCUT2D eigenvalue weighted by molar-refractivity contribution is -0.146. The summed E-state index contributed by atoms with van der Waals surface area (Å²) >= 11 is 0. The maximum Gasteiger partial charge on any atom is 0.332 e. The molecule has 6 nitrogen and oxygen atoms in total. The monoisotopic (exact) mass is 280 g/mol. The van der Waals surface area contributed by atoms with Gasteiger partial charge in [0.2, 0.25) is 0 Å². The third-order valence-corrected chi connectivity index (χ3v) is 2.80. The van der Waals surface area contributed by atoms with Gasteiger partial charge in [0.05, 0.1) is 0 Å². The van der Waals surface area contributed by atoms with E-state index in [4.69, 9.17) is 10.2 Å². The van der Waals surface area contributed by atoms with Crippen LogP contribution in [0.15, 0.2) is 24.3 Å². The lowest BCUT2D eigenvalue weighted by Crippen LogP contribution is -2.33. The lowest BCUT2D eigenvalue weighted by atomic mass is 10.0. The van der Waals surface area contributed by atoms with Crippen molar-refractivity contribution in [3.8, 4) is 0 Å². The summed E-state index contributed by atoms with van der Waals surface area (Å²) in [6.45, 7) is 4.21. The molecule has 0 saturated heterocycles. The van der Waals surface area contributed by atoms with E-state index in [1.54, 1.807) is 6.07 Å². The van der Waals surface area contributed by atoms with E-state index < -0.39 is 18.1 Å². The van der Waals surface area contributed by atoms with Crippen LogP contribution in [-0.4, -0.2) is 34.9 Å². The molecule has 0 aliphatic rings. The quantitative estimate of drug-likeness (QED) is 0.638. The highest BCUT2D eigenvalue weighted by Gasteiger charge is 2.12. The standard InChI is InChI=1S/C14H20N2O4/c1-9(2)10-4-3-5-11(8-10)16-14(20)15-7-6-12(17)13(18)19/h3-5,8-9,12,17H,6-7H2,1-2H3,(H,18,19)(H2,15,16,20). The number of hydrogen-bond donors (Lipinski definition) is 4. The predicted octanol–water partition coefficient (Wildman–Crippen LogP) is 1.77. The van der Waals surface area contributed by atoms with Gasteiger partial charge in [0.15, 0.2) is 6.10 Å². The molecule has 1 rings (SSSR count). The van der Waals surface area contributed by atoms with Crippen molar-refractivity contribution in [1.82, 2.24) is 5.32 Å². The molecule has 0 radical (unpaired) electrons. The number of urea groups is 1. The Kier molecular flexibility index (Phi) is 5.99. The molecular formula is C14H20N2O4. The third kappa shape index (κ3) is 5.27. The van der Waals surface area contributed by atoms with Crippen molar-refractivity contribution in [1.29, 1.82) is 0 Å². The fraction of sp³-hybridized carbons (Fsp3) is 0.429. The SMILES string of the molecule is CC(C)c1cccc(NC(=O)NCCC(O)C(=O)O)c1. The van der Waals surface area contributed by atoms with Gasteiger partial charge < -0.3 is 20.8 Å². The summed E-state index contributed by atoms with van der Waals surface area (Å²) in [5.74, 6) is -0.928. The summed E-state index contributed by atoms with van der Waals surface area (Å²) in [6, 6.07) is 7.08. The molecule has 6 heteroatoms. The number of hydrogen-bond acceptors (Lipinski definition) is 3. The Morgan fingerprint density at radius 2 is 2.00 bits per heavy atom. The number of aliphatic hydroxyl groups excluding tert-OH is 1. The van der Waals surface area contributed by atoms with Crippen LogP contribution < -0.4 is 10.6 Å². The van der Waals surface area contributed by atoms with E-state index in [9.17, 15) is 9.59 Å². The highest BCUT2D eigenvalue weighted by Crippen LogP contribution is 2.18. The van der Waals surface area contributed by atoms with Gasteiger partial charge in [-0.25, -0.2) is 9.59 Å². The first kappa shape index (κ1) is 16.0. The van der Waals surface area contributed by atoms with Gasteiger partial charge in [0.1, 0.15) is 0 Å². The molecule has 0 bridgehead atoms. The summed E-state index contributed by atoms with van der Waals surface area (Å²) in [6.07, 6.45) is -1.49. The normalized spacial score (nSPS) is 12.0. The van der Waals surface area contributed by atoms with Gasteiger partial charge >= 0.3 is 12.0 Å². The Morgan fingerprint density at radius 3 is 2.60 bits per heavy atom. The minimum Gasteiger partial charge on any atom is -0.479 e. The Labute approximate surface area is 117 Å². The smallest absolute Gasteiger partial charge is 0.332 e. The minimum atomic E-state index is -1.46. The van der Waals surface area contributed by atoms with E-state index in [0.717, 1.165) is 5.56 Å². The zero-order valence-electron chi connectivity index (χ0n) is 11.6. The van der Waals surface area contributed by atoms with Crippen molar-refractivity contribution >= 4 is 17.7 Å². The van der Waals surface area contributed by atoms with E-state index in [1.165, 1.54) is 0 Å². The number of carboxylic acids is 1. The Hall–Kier alpha value is -2.08. The molecule has 0 aromatic heterocycles. The topological polar surface area (TPSA) is 98.7 Å². The molecule has 4 N–H and O–H groups in total. The van der Waals surface area contributed by atoms with Crippen molar-refractivity contribution in [2.75, 3.05) is 11.9 Å². The van der Waals surface area contributed by atoms with Crippen LogP contribution in [0.25, 0.3) is 0 Å². The van der Waals surface area contributed by atoms with E-state index >= 15 is 0 Å². The fourth-order valence-electron chi connectivity index (χ4n) is 1.60. The number of carbonyl (C=O) groups is 2. The van der Waals surface area contributed by atoms with E-state index in [1.807, 2.05) is 18.2 Å². The van der Waals surface area contributed by atoms with Crippen molar-refractivity contribution in [3.63, 3.8) is 0 Å². The zero-order chi connectivity index (χ0) is 15.1. The van der Waals surface area contributed by atoms with Gasteiger partial charge in [-0.2, -0.15) is 0 Å². The van der Waals surface area contributed by atoms with Gasteiger partial charge in [-0.1, -0.05) is 26.0 Å². The largest absolute Gasteiger partial charge is 0.479 e. The highest BCUT2D eigenvalue weighted by molar-refractivity contribution is 5.89. The Balaban J connectivity index is 2.42. The summed E-state index contributed by atoms with van der Waals surface area (Å²) < 4.78 is 0. The molecule has 1 unspecified atom stereocenters. The van der Waals surface area contributed by atoms with E-state index in [-0.39, 0.29) is 13.0 Å². The number of aliphatic carboxylic acids is 1. The molecule has 0 spiro atoms. The number of carbonyl (C=O) groups excluding carboxylic acids is 1. The van der Waals surface area contributed by atoms with Gasteiger partial charge in [-0.15, -0.1) is 0 Å². The molecular weight excluding hydrogens is 260 g/mol. The first-order valence-electron chi connectivity index (χ1n) is 6.46. The number of amides is 2. The second kappa shape index (κ2) is 7.49. The van der Waals surface area contributed by atoms with Gasteiger partial charge in [0.25, 0.3) is 0 Å². The maximum absolute atomic E-state index is 11.6. The third-order valence-electron chi connectivity index (χ3n) is 2.80. The molecule has 20 heavy (non-hydrogen) atoms. The minimum absolute atomic E-state index is 0.0329. The van der Waals surface area contributed by atoms with E-state index in [2.05, 4.69) is 24.5 Å². The van der Waals surface area contributed by atoms with Crippen LogP contribution in [0.1, 0.15) is 31.7 Å². The fourth-order valence-corrected chi connectivity index (χ4v) is 1.60. The molecule has 1 aromatic carbocycles. The number of nitrogens with one attached hydrogen (secondary N) is 2. The summed E-state index contributed by atoms with van der Waals surface area (Å²) in [4.78, 5) is 22.0. The van der Waals surface area contributed by atoms with Gasteiger partial charge in [-0.05, 0) is 23.6 Å². The average molecular weight is 280 g/mol. The van der Waals surface area contributed by atoms with Gasteiger partial charge in [-0.3, -0.25) is 0 Å². The predicted molar refractivity (Wildman–Crippen MR) is 75.8 cm³/mol. The first-order chi connectivity index (χ1) is 9.40. The number of rotatable bonds is 6. The van der Waals surface area contributed by atoms with Gasteiger partial charge in [0, 0.05) is 18.7 Å². The van der Waals surface area contributed by atoms with Crippen LogP contribution >= 0.6 is 0 Å². The van der Waals surface area contributed by atoms with Crippen LogP contribution in [0.4, 0.5) is 10.5 Å². The Bertz CT molecular complexity index is 474. The molecule has 0 heterocycles. The summed E-state index contributed by atoms with van der Waals surface area (Å²) in [5.41, 5.74) is 1.79. The number of anilines is 1. The van der Waals surface area contributed by atoms with Crippen LogP contribution in [0.3, 0.4) is 0 Å². The second-order valence-electron chi connectivity index (χ2n) is 4.80. The van der Waals surface area contributed by atoms with Crippen LogP contribution in [0, 0.1) is 0 Å². The highest BCUT2D eigenvalue weighted by atomic mass is 16.4. The molecule has 110 valence electrons. The Morgan fingerprint density at radius 1 is 1.30 bits per heavy atom. The van der Waals surface area contributed by atoms with Crippen molar-refractivity contribution in [2.24, 2.45) is 0 Å². The number of benzene rings is 1. The maximum atomic E-state index is 11.6. The molecule has 1 aromatic rings. The molecule has 0 saturated carbocycles. The molecule has 0 aliphatic carbocycles. The van der Waals surface area contributed by atoms with Crippen molar-refractivity contribution in [2.45, 2.75) is 32.3 Å². The molecule has 0 fully saturated rings. The molecule has 1 atom stereocenters. The van der Waals surface area contributed by atoms with Crippen LogP contribution in [0.5, 0.6) is 0 Å². The molecule has 0 aliphatic heterocycles. The van der Waals surface area contributed by atoms with E-state index in [0.29, 0.717) is 11.6 Å². The number of aliphatic hydroxyl groups is 1. The number of carboxylic acid groups (broad SMARTS) is 1.